The summed E-state index contributed by atoms with van der Waals surface area (Å²) >= 11 is 0. The third-order valence-electron chi connectivity index (χ3n) is 3.31. The number of aliphatic hydroxyl groups is 1. The minimum absolute atomic E-state index is 0.0387. The van der Waals surface area contributed by atoms with Gasteiger partial charge in [0.2, 0.25) is 0 Å². The van der Waals surface area contributed by atoms with Crippen LogP contribution in [0, 0.1) is 0 Å². The zero-order valence-corrected chi connectivity index (χ0v) is 12.8. The van der Waals surface area contributed by atoms with Crippen molar-refractivity contribution < 1.29 is 9.84 Å². The SMILES string of the molecule is CC(C)Oc1ccc(C(C)Nc2ccccc2CO)cc1. The van der Waals surface area contributed by atoms with E-state index in [0.29, 0.717) is 0 Å². The first-order chi connectivity index (χ1) is 10.1. The Morgan fingerprint density at radius 1 is 1.00 bits per heavy atom. The van der Waals surface area contributed by atoms with Gasteiger partial charge in [-0.1, -0.05) is 30.3 Å². The predicted molar refractivity (Wildman–Crippen MR) is 86.6 cm³/mol. The minimum atomic E-state index is 0.0387. The lowest BCUT2D eigenvalue weighted by molar-refractivity contribution is 0.242. The van der Waals surface area contributed by atoms with E-state index in [0.717, 1.165) is 17.0 Å². The molecule has 0 aliphatic rings. The van der Waals surface area contributed by atoms with Crippen LogP contribution in [0.3, 0.4) is 0 Å². The van der Waals surface area contributed by atoms with E-state index in [-0.39, 0.29) is 18.8 Å². The van der Waals surface area contributed by atoms with Gasteiger partial charge in [0.15, 0.2) is 0 Å². The number of benzene rings is 2. The molecule has 2 aromatic carbocycles. The second-order valence-electron chi connectivity index (χ2n) is 5.42. The van der Waals surface area contributed by atoms with Gasteiger partial charge in [-0.05, 0) is 44.5 Å². The Morgan fingerprint density at radius 2 is 1.67 bits per heavy atom. The number of ether oxygens (including phenoxy) is 1. The molecule has 3 nitrogen and oxygen atoms in total. The highest BCUT2D eigenvalue weighted by molar-refractivity contribution is 5.52. The van der Waals surface area contributed by atoms with Crippen LogP contribution in [0.5, 0.6) is 5.75 Å². The van der Waals surface area contributed by atoms with E-state index in [9.17, 15) is 5.11 Å². The van der Waals surface area contributed by atoms with Crippen LogP contribution in [-0.2, 0) is 6.61 Å². The lowest BCUT2D eigenvalue weighted by Gasteiger charge is -2.18. The average molecular weight is 285 g/mol. The molecular formula is C18H23NO2. The molecule has 2 aromatic rings. The summed E-state index contributed by atoms with van der Waals surface area (Å²) in [4.78, 5) is 0. The summed E-state index contributed by atoms with van der Waals surface area (Å²) in [6, 6.07) is 16.1. The number of anilines is 1. The van der Waals surface area contributed by atoms with Crippen LogP contribution >= 0.6 is 0 Å². The van der Waals surface area contributed by atoms with Crippen LogP contribution in [0.1, 0.15) is 37.9 Å². The van der Waals surface area contributed by atoms with E-state index < -0.39 is 0 Å². The average Bonchev–Trinajstić information content (AvgIpc) is 2.48. The van der Waals surface area contributed by atoms with Gasteiger partial charge in [0.05, 0.1) is 12.7 Å². The molecule has 0 radical (unpaired) electrons. The van der Waals surface area contributed by atoms with Crippen molar-refractivity contribution in [2.24, 2.45) is 0 Å². The highest BCUT2D eigenvalue weighted by Gasteiger charge is 2.08. The van der Waals surface area contributed by atoms with E-state index in [1.54, 1.807) is 0 Å². The van der Waals surface area contributed by atoms with Crippen LogP contribution < -0.4 is 10.1 Å². The van der Waals surface area contributed by atoms with Crippen molar-refractivity contribution >= 4 is 5.69 Å². The van der Waals surface area contributed by atoms with Crippen molar-refractivity contribution in [3.8, 4) is 5.75 Å². The van der Waals surface area contributed by atoms with E-state index in [1.807, 2.05) is 50.2 Å². The number of nitrogens with one attached hydrogen (secondary N) is 1. The standard InChI is InChI=1S/C18H23NO2/c1-13(2)21-17-10-8-15(9-11-17)14(3)19-18-7-5-4-6-16(18)12-20/h4-11,13-14,19-20H,12H2,1-3H3. The molecule has 1 atom stereocenters. The molecule has 0 saturated heterocycles. The van der Waals surface area contributed by atoms with Gasteiger partial charge in [-0.2, -0.15) is 0 Å². The predicted octanol–water partition coefficient (Wildman–Crippen LogP) is 4.14. The first-order valence-electron chi connectivity index (χ1n) is 7.32. The Kier molecular flexibility index (Phi) is 5.23. The fourth-order valence-corrected chi connectivity index (χ4v) is 2.22. The number of rotatable bonds is 6. The summed E-state index contributed by atoms with van der Waals surface area (Å²) in [5.74, 6) is 0.886. The second kappa shape index (κ2) is 7.14. The maximum atomic E-state index is 9.37. The van der Waals surface area contributed by atoms with E-state index in [2.05, 4.69) is 24.4 Å². The lowest BCUT2D eigenvalue weighted by atomic mass is 10.1. The monoisotopic (exact) mass is 285 g/mol. The first kappa shape index (κ1) is 15.4. The maximum absolute atomic E-state index is 9.37. The molecule has 0 spiro atoms. The molecule has 0 bridgehead atoms. The molecule has 0 fully saturated rings. The van der Waals surface area contributed by atoms with Crippen molar-refractivity contribution in [2.75, 3.05) is 5.32 Å². The minimum Gasteiger partial charge on any atom is -0.491 e. The number of hydrogen-bond donors (Lipinski definition) is 2. The third kappa shape index (κ3) is 4.23. The van der Waals surface area contributed by atoms with Gasteiger partial charge in [-0.25, -0.2) is 0 Å². The van der Waals surface area contributed by atoms with Crippen molar-refractivity contribution in [3.05, 3.63) is 59.7 Å². The van der Waals surface area contributed by atoms with Crippen LogP contribution in [0.25, 0.3) is 0 Å². The fourth-order valence-electron chi connectivity index (χ4n) is 2.22. The second-order valence-corrected chi connectivity index (χ2v) is 5.42. The zero-order valence-electron chi connectivity index (χ0n) is 12.8. The van der Waals surface area contributed by atoms with Gasteiger partial charge in [0.1, 0.15) is 5.75 Å². The number of para-hydroxylation sites is 1. The molecule has 21 heavy (non-hydrogen) atoms. The summed E-state index contributed by atoms with van der Waals surface area (Å²) in [5, 5.41) is 12.8. The van der Waals surface area contributed by atoms with Gasteiger partial charge in [-0.3, -0.25) is 0 Å². The molecule has 0 saturated carbocycles. The van der Waals surface area contributed by atoms with E-state index >= 15 is 0 Å². The summed E-state index contributed by atoms with van der Waals surface area (Å²) in [5.41, 5.74) is 3.05. The molecular weight excluding hydrogens is 262 g/mol. The van der Waals surface area contributed by atoms with Gasteiger partial charge in [0, 0.05) is 17.3 Å². The van der Waals surface area contributed by atoms with Crippen molar-refractivity contribution in [1.29, 1.82) is 0 Å². The largest absolute Gasteiger partial charge is 0.491 e. The van der Waals surface area contributed by atoms with Gasteiger partial charge in [0.25, 0.3) is 0 Å². The zero-order chi connectivity index (χ0) is 15.2. The van der Waals surface area contributed by atoms with Gasteiger partial charge < -0.3 is 15.2 Å². The molecule has 0 aliphatic carbocycles. The van der Waals surface area contributed by atoms with E-state index in [4.69, 9.17) is 4.74 Å². The Morgan fingerprint density at radius 3 is 2.29 bits per heavy atom. The Hall–Kier alpha value is -2.00. The first-order valence-corrected chi connectivity index (χ1v) is 7.32. The quantitative estimate of drug-likeness (QED) is 0.838. The molecule has 0 amide bonds. The molecule has 0 heterocycles. The van der Waals surface area contributed by atoms with E-state index in [1.165, 1.54) is 5.56 Å². The molecule has 1 unspecified atom stereocenters. The van der Waals surface area contributed by atoms with Crippen molar-refractivity contribution in [2.45, 2.75) is 39.5 Å². The lowest BCUT2D eigenvalue weighted by Crippen LogP contribution is -2.09. The van der Waals surface area contributed by atoms with Crippen LogP contribution in [-0.4, -0.2) is 11.2 Å². The Bertz CT molecular complexity index is 564. The van der Waals surface area contributed by atoms with Crippen LogP contribution in [0.2, 0.25) is 0 Å². The molecule has 112 valence electrons. The third-order valence-corrected chi connectivity index (χ3v) is 3.31. The Labute approximate surface area is 126 Å². The van der Waals surface area contributed by atoms with Crippen molar-refractivity contribution in [1.82, 2.24) is 0 Å². The fraction of sp³-hybridized carbons (Fsp3) is 0.333. The topological polar surface area (TPSA) is 41.5 Å². The molecule has 0 aliphatic heterocycles. The summed E-state index contributed by atoms with van der Waals surface area (Å²) in [6.45, 7) is 6.18. The normalized spacial score (nSPS) is 12.2. The summed E-state index contributed by atoms with van der Waals surface area (Å²) in [7, 11) is 0. The van der Waals surface area contributed by atoms with Gasteiger partial charge >= 0.3 is 0 Å². The Balaban J connectivity index is 2.07. The molecule has 3 heteroatoms. The maximum Gasteiger partial charge on any atom is 0.119 e. The van der Waals surface area contributed by atoms with Crippen LogP contribution in [0.4, 0.5) is 5.69 Å². The number of hydrogen-bond acceptors (Lipinski definition) is 3. The smallest absolute Gasteiger partial charge is 0.119 e. The molecule has 2 N–H and O–H groups in total. The summed E-state index contributed by atoms with van der Waals surface area (Å²) in [6.07, 6.45) is 0.183. The summed E-state index contributed by atoms with van der Waals surface area (Å²) < 4.78 is 5.65. The van der Waals surface area contributed by atoms with Crippen LogP contribution in [0.15, 0.2) is 48.5 Å². The highest BCUT2D eigenvalue weighted by atomic mass is 16.5. The molecule has 0 aromatic heterocycles. The van der Waals surface area contributed by atoms with Gasteiger partial charge in [-0.15, -0.1) is 0 Å². The highest BCUT2D eigenvalue weighted by Crippen LogP contribution is 2.24. The molecule has 2 rings (SSSR count). The van der Waals surface area contributed by atoms with Crippen molar-refractivity contribution in [3.63, 3.8) is 0 Å². The number of aliphatic hydroxyl groups excluding tert-OH is 1.